The summed E-state index contributed by atoms with van der Waals surface area (Å²) in [6.45, 7) is 6.42. The average molecular weight is 253 g/mol. The van der Waals surface area contributed by atoms with E-state index in [0.29, 0.717) is 19.1 Å². The maximum absolute atomic E-state index is 12.5. The van der Waals surface area contributed by atoms with E-state index < -0.39 is 5.60 Å². The number of rotatable bonds is 4. The molecule has 4 atom stereocenters. The van der Waals surface area contributed by atoms with Gasteiger partial charge in [-0.25, -0.2) is 0 Å². The van der Waals surface area contributed by atoms with Crippen molar-refractivity contribution < 1.29 is 14.3 Å². The van der Waals surface area contributed by atoms with Gasteiger partial charge in [-0.05, 0) is 25.2 Å². The monoisotopic (exact) mass is 253 g/mol. The second-order valence-electron chi connectivity index (χ2n) is 6.55. The second kappa shape index (κ2) is 3.70. The van der Waals surface area contributed by atoms with Crippen LogP contribution in [0.15, 0.2) is 0 Å². The van der Waals surface area contributed by atoms with Gasteiger partial charge >= 0.3 is 0 Å². The van der Waals surface area contributed by atoms with Crippen molar-refractivity contribution in [3.63, 3.8) is 0 Å². The van der Waals surface area contributed by atoms with Crippen LogP contribution in [-0.2, 0) is 14.3 Å². The van der Waals surface area contributed by atoms with Crippen LogP contribution in [0, 0.1) is 16.7 Å². The fourth-order valence-electron chi connectivity index (χ4n) is 4.67. The number of ether oxygens (including phenoxy) is 2. The van der Waals surface area contributed by atoms with Gasteiger partial charge in [-0.15, -0.1) is 0 Å². The van der Waals surface area contributed by atoms with Crippen LogP contribution in [0.2, 0.25) is 0 Å². The first-order valence-electron chi connectivity index (χ1n) is 6.91. The molecule has 0 unspecified atom stereocenters. The number of carbonyl (C=O) groups is 1. The summed E-state index contributed by atoms with van der Waals surface area (Å²) >= 11 is 0. The molecular formula is C14H23NO3. The molecule has 2 saturated carbocycles. The average Bonchev–Trinajstić information content (AvgIpc) is 2.82. The smallest absolute Gasteiger partial charge is 0.252 e. The minimum Gasteiger partial charge on any atom is -0.383 e. The Morgan fingerprint density at radius 2 is 2.28 bits per heavy atom. The van der Waals surface area contributed by atoms with Crippen molar-refractivity contribution >= 4 is 5.91 Å². The Morgan fingerprint density at radius 1 is 1.50 bits per heavy atom. The van der Waals surface area contributed by atoms with Crippen LogP contribution in [0.1, 0.15) is 33.1 Å². The fraction of sp³-hybridized carbons (Fsp3) is 0.929. The summed E-state index contributed by atoms with van der Waals surface area (Å²) < 4.78 is 11.0. The summed E-state index contributed by atoms with van der Waals surface area (Å²) in [5.41, 5.74) is -0.355. The first-order valence-corrected chi connectivity index (χ1v) is 6.91. The van der Waals surface area contributed by atoms with Gasteiger partial charge in [0.1, 0.15) is 0 Å². The van der Waals surface area contributed by atoms with Crippen LogP contribution in [0.25, 0.3) is 0 Å². The van der Waals surface area contributed by atoms with Crippen molar-refractivity contribution in [1.29, 1.82) is 0 Å². The van der Waals surface area contributed by atoms with Crippen LogP contribution in [0.5, 0.6) is 0 Å². The van der Waals surface area contributed by atoms with Crippen LogP contribution in [0.3, 0.4) is 0 Å². The Hall–Kier alpha value is -0.610. The van der Waals surface area contributed by atoms with E-state index >= 15 is 0 Å². The molecular weight excluding hydrogens is 230 g/mol. The predicted molar refractivity (Wildman–Crippen MR) is 67.1 cm³/mol. The lowest BCUT2D eigenvalue weighted by molar-refractivity contribution is -0.155. The van der Waals surface area contributed by atoms with E-state index in [1.165, 1.54) is 6.42 Å². The molecule has 1 heterocycles. The summed E-state index contributed by atoms with van der Waals surface area (Å²) in [4.78, 5) is 12.5. The normalized spacial score (nSPS) is 48.7. The molecule has 1 aliphatic heterocycles. The summed E-state index contributed by atoms with van der Waals surface area (Å²) in [6, 6.07) is 0. The quantitative estimate of drug-likeness (QED) is 0.769. The molecule has 4 nitrogen and oxygen atoms in total. The zero-order valence-electron chi connectivity index (χ0n) is 11.5. The number of methoxy groups -OCH3 is 1. The molecule has 0 aromatic heterocycles. The number of hydrogen-bond acceptors (Lipinski definition) is 3. The molecule has 1 N–H and O–H groups in total. The Labute approximate surface area is 108 Å². The Bertz CT molecular complexity index is 385. The molecule has 3 fully saturated rings. The third kappa shape index (κ3) is 1.16. The number of nitrogens with one attached hydrogen (secondary N) is 1. The van der Waals surface area contributed by atoms with E-state index in [1.54, 1.807) is 7.11 Å². The van der Waals surface area contributed by atoms with Crippen molar-refractivity contribution in [1.82, 2.24) is 5.32 Å². The number of carbonyl (C=O) groups excluding carboxylic acids is 1. The standard InChI is InChI=1S/C14H23NO3/c1-12-9-18-14(11(16)15-6-7-17-3)8-10(12)4-5-13(12,14)2/h10H,4-9H2,1-3H3,(H,15,16)/t10-,12+,13-,14+/m0/s1. The van der Waals surface area contributed by atoms with Gasteiger partial charge < -0.3 is 14.8 Å². The molecule has 18 heavy (non-hydrogen) atoms. The SMILES string of the molecule is COCCNC(=O)[C@]12C[C@@H]3CC[C@@]1(C)[C@]3(C)CO2. The molecule has 0 aromatic carbocycles. The van der Waals surface area contributed by atoms with Crippen molar-refractivity contribution in [2.24, 2.45) is 16.7 Å². The molecule has 102 valence electrons. The minimum atomic E-state index is -0.571. The highest BCUT2D eigenvalue weighted by molar-refractivity contribution is 5.88. The van der Waals surface area contributed by atoms with Crippen molar-refractivity contribution in [3.05, 3.63) is 0 Å². The topological polar surface area (TPSA) is 47.6 Å². The predicted octanol–water partition coefficient (Wildman–Crippen LogP) is 1.34. The van der Waals surface area contributed by atoms with Gasteiger partial charge in [0.2, 0.25) is 0 Å². The highest BCUT2D eigenvalue weighted by atomic mass is 16.5. The first-order chi connectivity index (χ1) is 8.50. The third-order valence-corrected chi connectivity index (χ3v) is 6.16. The van der Waals surface area contributed by atoms with Crippen molar-refractivity contribution in [2.45, 2.75) is 38.7 Å². The molecule has 0 aromatic rings. The maximum atomic E-state index is 12.5. The minimum absolute atomic E-state index is 0.0157. The molecule has 2 aliphatic carbocycles. The van der Waals surface area contributed by atoms with E-state index in [-0.39, 0.29) is 16.7 Å². The molecule has 3 aliphatic rings. The number of amides is 1. The highest BCUT2D eigenvalue weighted by Gasteiger charge is 2.78. The molecule has 0 spiro atoms. The fourth-order valence-corrected chi connectivity index (χ4v) is 4.67. The zero-order chi connectivity index (χ0) is 13.0. The van der Waals surface area contributed by atoms with Gasteiger partial charge in [0.15, 0.2) is 5.60 Å². The molecule has 3 rings (SSSR count). The lowest BCUT2D eigenvalue weighted by atomic mass is 9.66. The summed E-state index contributed by atoms with van der Waals surface area (Å²) in [7, 11) is 1.65. The van der Waals surface area contributed by atoms with E-state index in [0.717, 1.165) is 19.4 Å². The summed E-state index contributed by atoms with van der Waals surface area (Å²) in [6.07, 6.45) is 3.27. The van der Waals surface area contributed by atoms with Crippen LogP contribution < -0.4 is 5.32 Å². The maximum Gasteiger partial charge on any atom is 0.252 e. The van der Waals surface area contributed by atoms with Gasteiger partial charge in [0.25, 0.3) is 5.91 Å². The van der Waals surface area contributed by atoms with Crippen LogP contribution in [0.4, 0.5) is 0 Å². The molecule has 1 saturated heterocycles. The molecule has 4 bridgehead atoms. The van der Waals surface area contributed by atoms with E-state index in [9.17, 15) is 4.79 Å². The highest BCUT2D eigenvalue weighted by Crippen LogP contribution is 2.74. The first kappa shape index (κ1) is 12.4. The van der Waals surface area contributed by atoms with Crippen LogP contribution in [-0.4, -0.2) is 38.4 Å². The van der Waals surface area contributed by atoms with Gasteiger partial charge in [-0.3, -0.25) is 4.79 Å². The van der Waals surface area contributed by atoms with E-state index in [2.05, 4.69) is 19.2 Å². The second-order valence-corrected chi connectivity index (χ2v) is 6.55. The zero-order valence-corrected chi connectivity index (χ0v) is 11.5. The van der Waals surface area contributed by atoms with E-state index in [1.807, 2.05) is 0 Å². The third-order valence-electron chi connectivity index (χ3n) is 6.16. The molecule has 1 amide bonds. The Morgan fingerprint density at radius 3 is 2.89 bits per heavy atom. The van der Waals surface area contributed by atoms with E-state index in [4.69, 9.17) is 9.47 Å². The van der Waals surface area contributed by atoms with Gasteiger partial charge in [-0.1, -0.05) is 13.8 Å². The summed E-state index contributed by atoms with van der Waals surface area (Å²) in [5, 5.41) is 2.98. The van der Waals surface area contributed by atoms with Crippen molar-refractivity contribution in [3.8, 4) is 0 Å². The van der Waals surface area contributed by atoms with Gasteiger partial charge in [-0.2, -0.15) is 0 Å². The molecule has 4 heteroatoms. The molecule has 0 radical (unpaired) electrons. The Balaban J connectivity index is 1.82. The number of hydrogen-bond donors (Lipinski definition) is 1. The lowest BCUT2D eigenvalue weighted by Gasteiger charge is -2.39. The Kier molecular flexibility index (Phi) is 2.55. The van der Waals surface area contributed by atoms with Gasteiger partial charge in [0, 0.05) is 24.5 Å². The largest absolute Gasteiger partial charge is 0.383 e. The summed E-state index contributed by atoms with van der Waals surface area (Å²) in [5.74, 6) is 0.734. The lowest BCUT2D eigenvalue weighted by Crippen LogP contribution is -2.55. The van der Waals surface area contributed by atoms with Crippen molar-refractivity contribution in [2.75, 3.05) is 26.9 Å². The van der Waals surface area contributed by atoms with Gasteiger partial charge in [0.05, 0.1) is 13.2 Å². The van der Waals surface area contributed by atoms with Crippen LogP contribution >= 0.6 is 0 Å².